The summed E-state index contributed by atoms with van der Waals surface area (Å²) < 4.78 is 39.7. The lowest BCUT2D eigenvalue weighted by Crippen LogP contribution is -2.46. The van der Waals surface area contributed by atoms with E-state index in [1.165, 1.54) is 18.1 Å². The van der Waals surface area contributed by atoms with Crippen molar-refractivity contribution >= 4 is 17.5 Å². The minimum atomic E-state index is -1.07. The first-order valence-corrected chi connectivity index (χ1v) is 11.4. The largest absolute Gasteiger partial charge is 0.497 e. The van der Waals surface area contributed by atoms with Crippen molar-refractivity contribution in [1.82, 2.24) is 10.1 Å². The van der Waals surface area contributed by atoms with Crippen molar-refractivity contribution in [2.45, 2.75) is 45.1 Å². The fraction of sp³-hybridized carbons (Fsp3) is 0.346. The number of aromatic nitrogens is 1. The van der Waals surface area contributed by atoms with Crippen LogP contribution in [-0.2, 0) is 27.8 Å². The molecule has 1 aliphatic heterocycles. The number of hydrogen-bond donors (Lipinski definition) is 2. The molecule has 190 valence electrons. The number of nitrogens with one attached hydrogen (secondary N) is 1. The zero-order valence-corrected chi connectivity index (χ0v) is 20.4. The van der Waals surface area contributed by atoms with Gasteiger partial charge >= 0.3 is 0 Å². The van der Waals surface area contributed by atoms with Crippen LogP contribution in [0.3, 0.4) is 0 Å². The number of ether oxygens (including phenoxy) is 1. The maximum atomic E-state index is 14.8. The van der Waals surface area contributed by atoms with Crippen LogP contribution < -0.4 is 10.1 Å². The molecule has 2 heterocycles. The molecule has 4 rings (SSSR count). The fourth-order valence-corrected chi connectivity index (χ4v) is 4.49. The van der Waals surface area contributed by atoms with E-state index in [1.54, 1.807) is 39.0 Å². The highest BCUT2D eigenvalue weighted by atomic mass is 19.1. The van der Waals surface area contributed by atoms with Gasteiger partial charge in [-0.25, -0.2) is 8.78 Å². The van der Waals surface area contributed by atoms with E-state index in [1.807, 2.05) is 0 Å². The van der Waals surface area contributed by atoms with E-state index in [0.29, 0.717) is 17.7 Å². The number of methoxy groups -OCH3 is 1. The molecule has 0 saturated heterocycles. The van der Waals surface area contributed by atoms with Gasteiger partial charge < -0.3 is 24.6 Å². The van der Waals surface area contributed by atoms with Gasteiger partial charge in [0.15, 0.2) is 0 Å². The molecule has 2 aromatic carbocycles. The number of halogens is 2. The Bertz CT molecular complexity index is 1290. The Morgan fingerprint density at radius 2 is 1.89 bits per heavy atom. The minimum Gasteiger partial charge on any atom is -0.497 e. The van der Waals surface area contributed by atoms with Gasteiger partial charge in [-0.2, -0.15) is 0 Å². The number of anilines is 1. The molecule has 8 nitrogen and oxygen atoms in total. The number of carbonyl (C=O) groups excluding carboxylic acids is 2. The number of carbonyl (C=O) groups is 2. The highest BCUT2D eigenvalue weighted by Gasteiger charge is 2.37. The first-order valence-electron chi connectivity index (χ1n) is 11.4. The van der Waals surface area contributed by atoms with Crippen LogP contribution in [0.15, 0.2) is 40.9 Å². The van der Waals surface area contributed by atoms with Crippen molar-refractivity contribution in [2.75, 3.05) is 19.0 Å². The standard InChI is InChI=1S/C26H27F2N3O5/c1-26(2,3)23-19(27)10-15(11-20(23)28)29-25(34)24-18-6-5-16(35-4)9-14(18)7-8-31(24)22(33)13-17-12-21(32)30-36-17/h5-6,9-12,24H,7-8,13H2,1-4H3,(H,29,34)(H,30,32)/t24-/m1/s1. The van der Waals surface area contributed by atoms with Crippen molar-refractivity contribution < 1.29 is 32.7 Å². The van der Waals surface area contributed by atoms with Crippen LogP contribution in [0.25, 0.3) is 0 Å². The molecular formula is C26H27F2N3O5. The van der Waals surface area contributed by atoms with Gasteiger partial charge in [0.2, 0.25) is 5.91 Å². The third-order valence-corrected chi connectivity index (χ3v) is 6.08. The van der Waals surface area contributed by atoms with E-state index in [2.05, 4.69) is 10.5 Å². The summed E-state index contributed by atoms with van der Waals surface area (Å²) >= 11 is 0. The molecule has 0 saturated carbocycles. The number of nitrogens with zero attached hydrogens (tertiary/aromatic N) is 2. The van der Waals surface area contributed by atoms with Gasteiger partial charge in [0, 0.05) is 23.9 Å². The molecule has 3 aromatic rings. The number of fused-ring (bicyclic) bond motifs is 1. The van der Waals surface area contributed by atoms with E-state index in [-0.39, 0.29) is 35.9 Å². The lowest BCUT2D eigenvalue weighted by atomic mass is 9.86. The second-order valence-electron chi connectivity index (χ2n) is 9.69. The van der Waals surface area contributed by atoms with E-state index in [4.69, 9.17) is 9.26 Å². The Morgan fingerprint density at radius 3 is 2.47 bits per heavy atom. The lowest BCUT2D eigenvalue weighted by Gasteiger charge is -2.36. The quantitative estimate of drug-likeness (QED) is 0.543. The molecule has 0 radical (unpaired) electrons. The number of benzene rings is 2. The second-order valence-corrected chi connectivity index (χ2v) is 9.69. The Hall–Kier alpha value is -3.95. The van der Waals surface area contributed by atoms with E-state index in [9.17, 15) is 23.5 Å². The highest BCUT2D eigenvalue weighted by Crippen LogP contribution is 2.35. The molecule has 0 spiro atoms. The van der Waals surface area contributed by atoms with Crippen molar-refractivity contribution in [3.8, 4) is 11.6 Å². The predicted octanol–water partition coefficient (Wildman–Crippen LogP) is 4.27. The van der Waals surface area contributed by atoms with Crippen molar-refractivity contribution in [3.63, 3.8) is 0 Å². The third-order valence-electron chi connectivity index (χ3n) is 6.08. The molecule has 1 aromatic heterocycles. The molecule has 36 heavy (non-hydrogen) atoms. The van der Waals surface area contributed by atoms with Gasteiger partial charge in [-0.05, 0) is 52.4 Å². The molecule has 0 aliphatic carbocycles. The first-order chi connectivity index (χ1) is 17.0. The van der Waals surface area contributed by atoms with Gasteiger partial charge in [-0.15, -0.1) is 0 Å². The Balaban J connectivity index is 1.67. The molecule has 1 atom stereocenters. The average molecular weight is 500 g/mol. The van der Waals surface area contributed by atoms with Gasteiger partial charge in [0.1, 0.15) is 29.2 Å². The molecule has 1 aliphatic rings. The number of hydrogen-bond acceptors (Lipinski definition) is 6. The van der Waals surface area contributed by atoms with Gasteiger partial charge in [-0.1, -0.05) is 26.8 Å². The summed E-state index contributed by atoms with van der Waals surface area (Å²) in [6.45, 7) is 5.29. The molecule has 0 fully saturated rings. The van der Waals surface area contributed by atoms with Crippen LogP contribution in [0.2, 0.25) is 0 Å². The van der Waals surface area contributed by atoms with Crippen LogP contribution in [0.4, 0.5) is 14.5 Å². The average Bonchev–Trinajstić information content (AvgIpc) is 3.20. The van der Waals surface area contributed by atoms with Gasteiger partial charge in [0.25, 0.3) is 11.8 Å². The smallest absolute Gasteiger partial charge is 0.251 e. The summed E-state index contributed by atoms with van der Waals surface area (Å²) in [4.78, 5) is 28.1. The summed E-state index contributed by atoms with van der Waals surface area (Å²) in [5, 5.41) is 15.3. The molecule has 2 amide bonds. The van der Waals surface area contributed by atoms with Crippen molar-refractivity contribution in [2.24, 2.45) is 0 Å². The minimum absolute atomic E-state index is 0.0591. The van der Waals surface area contributed by atoms with E-state index >= 15 is 0 Å². The zero-order chi connectivity index (χ0) is 26.2. The first kappa shape index (κ1) is 25.2. The molecule has 0 unspecified atom stereocenters. The third kappa shape index (κ3) is 5.02. The Labute approximate surface area is 206 Å². The van der Waals surface area contributed by atoms with E-state index < -0.39 is 34.9 Å². The maximum Gasteiger partial charge on any atom is 0.251 e. The van der Waals surface area contributed by atoms with Crippen LogP contribution in [-0.4, -0.2) is 40.6 Å². The van der Waals surface area contributed by atoms with Crippen LogP contribution in [0.1, 0.15) is 49.3 Å². The summed E-state index contributed by atoms with van der Waals surface area (Å²) in [6, 6.07) is 7.46. The van der Waals surface area contributed by atoms with Crippen LogP contribution in [0.5, 0.6) is 11.6 Å². The van der Waals surface area contributed by atoms with Gasteiger partial charge in [0.05, 0.1) is 13.5 Å². The van der Waals surface area contributed by atoms with Crippen molar-refractivity contribution in [3.05, 3.63) is 70.5 Å². The monoisotopic (exact) mass is 499 g/mol. The maximum absolute atomic E-state index is 14.8. The van der Waals surface area contributed by atoms with E-state index in [0.717, 1.165) is 17.7 Å². The topological polar surface area (TPSA) is 105 Å². The normalized spacial score (nSPS) is 15.4. The number of aromatic hydroxyl groups is 1. The highest BCUT2D eigenvalue weighted by molar-refractivity contribution is 5.98. The Kier molecular flexibility index (Phi) is 6.71. The number of rotatable bonds is 5. The molecule has 0 bridgehead atoms. The van der Waals surface area contributed by atoms with Crippen LogP contribution in [0, 0.1) is 11.6 Å². The summed E-state index contributed by atoms with van der Waals surface area (Å²) in [5.41, 5.74) is 0.479. The predicted molar refractivity (Wildman–Crippen MR) is 127 cm³/mol. The Morgan fingerprint density at radius 1 is 1.19 bits per heavy atom. The molecule has 10 heteroatoms. The SMILES string of the molecule is COc1ccc2c(c1)CCN(C(=O)Cc1cc(O)no1)[C@H]2C(=O)Nc1cc(F)c(C(C)(C)C)c(F)c1. The lowest BCUT2D eigenvalue weighted by molar-refractivity contribution is -0.139. The number of amides is 2. The molecule has 2 N–H and O–H groups in total. The zero-order valence-electron chi connectivity index (χ0n) is 20.4. The summed E-state index contributed by atoms with van der Waals surface area (Å²) in [7, 11) is 1.53. The fourth-order valence-electron chi connectivity index (χ4n) is 4.49. The van der Waals surface area contributed by atoms with Gasteiger partial charge in [-0.3, -0.25) is 9.59 Å². The van der Waals surface area contributed by atoms with Crippen molar-refractivity contribution in [1.29, 1.82) is 0 Å². The van der Waals surface area contributed by atoms with Crippen LogP contribution >= 0.6 is 0 Å². The second kappa shape index (κ2) is 9.60. The molecular weight excluding hydrogens is 472 g/mol. The summed E-state index contributed by atoms with van der Waals surface area (Å²) in [5.74, 6) is -2.23. The summed E-state index contributed by atoms with van der Waals surface area (Å²) in [6.07, 6.45) is 0.236.